The number of alkyl halides is 2. The van der Waals surface area contributed by atoms with Crippen molar-refractivity contribution in [1.29, 1.82) is 0 Å². The van der Waals surface area contributed by atoms with E-state index in [9.17, 15) is 13.2 Å². The Kier molecular flexibility index (Phi) is 9.04. The van der Waals surface area contributed by atoms with Gasteiger partial charge in [-0.05, 0) is 85.3 Å². The Bertz CT molecular complexity index is 728. The Morgan fingerprint density at radius 2 is 1.45 bits per heavy atom. The van der Waals surface area contributed by atoms with Crippen LogP contribution < -0.4 is 4.74 Å². The molecule has 4 atom stereocenters. The maximum atomic E-state index is 14.2. The van der Waals surface area contributed by atoms with Crippen molar-refractivity contribution in [2.24, 2.45) is 29.6 Å². The van der Waals surface area contributed by atoms with Gasteiger partial charge in [0.15, 0.2) is 11.6 Å². The lowest BCUT2D eigenvalue weighted by atomic mass is 9.63. The molecule has 0 aliphatic heterocycles. The second kappa shape index (κ2) is 12.0. The lowest BCUT2D eigenvalue weighted by Gasteiger charge is -2.43. The molecule has 0 aromatic heterocycles. The summed E-state index contributed by atoms with van der Waals surface area (Å²) >= 11 is 0. The Morgan fingerprint density at radius 3 is 2.15 bits per heavy atom. The number of ether oxygens (including phenoxy) is 1. The van der Waals surface area contributed by atoms with E-state index >= 15 is 0 Å². The van der Waals surface area contributed by atoms with Crippen LogP contribution in [0.25, 0.3) is 0 Å². The van der Waals surface area contributed by atoms with Crippen molar-refractivity contribution in [3.05, 3.63) is 29.6 Å². The van der Waals surface area contributed by atoms with Crippen molar-refractivity contribution < 1.29 is 17.9 Å². The molecule has 0 bridgehead atoms. The van der Waals surface area contributed by atoms with Gasteiger partial charge in [-0.3, -0.25) is 0 Å². The number of unbranched alkanes of at least 4 members (excludes halogenated alkanes) is 1. The Balaban J connectivity index is 1.20. The monoisotopic (exact) mass is 464 g/mol. The zero-order valence-electron chi connectivity index (χ0n) is 20.4. The van der Waals surface area contributed by atoms with E-state index in [0.717, 1.165) is 48.0 Å². The molecule has 0 heterocycles. The van der Waals surface area contributed by atoms with Crippen LogP contribution in [0.4, 0.5) is 13.2 Å². The van der Waals surface area contributed by atoms with E-state index in [1.165, 1.54) is 95.6 Å². The van der Waals surface area contributed by atoms with E-state index in [-0.39, 0.29) is 5.75 Å². The van der Waals surface area contributed by atoms with Gasteiger partial charge in [0.2, 0.25) is 0 Å². The van der Waals surface area contributed by atoms with Gasteiger partial charge in [0, 0.05) is 0 Å². The van der Waals surface area contributed by atoms with Crippen LogP contribution in [0, 0.1) is 35.4 Å². The zero-order valence-corrected chi connectivity index (χ0v) is 20.4. The second-order valence-electron chi connectivity index (χ2n) is 11.4. The molecular formula is C29H43F3O. The lowest BCUT2D eigenvalue weighted by Crippen LogP contribution is -2.30. The lowest BCUT2D eigenvalue weighted by molar-refractivity contribution is -0.0522. The molecule has 4 heteroatoms. The van der Waals surface area contributed by atoms with Crippen LogP contribution in [0.1, 0.15) is 115 Å². The van der Waals surface area contributed by atoms with Crippen molar-refractivity contribution in [3.63, 3.8) is 0 Å². The summed E-state index contributed by atoms with van der Waals surface area (Å²) in [4.78, 5) is 0. The van der Waals surface area contributed by atoms with Gasteiger partial charge >= 0.3 is 6.61 Å². The predicted octanol–water partition coefficient (Wildman–Crippen LogP) is 9.50. The third kappa shape index (κ3) is 6.92. The molecule has 0 spiro atoms. The summed E-state index contributed by atoms with van der Waals surface area (Å²) in [5.41, 5.74) is 0.948. The Morgan fingerprint density at radius 1 is 0.818 bits per heavy atom. The molecule has 4 rings (SSSR count). The highest BCUT2D eigenvalue weighted by atomic mass is 19.3. The Labute approximate surface area is 198 Å². The topological polar surface area (TPSA) is 9.23 Å². The number of fused-ring (bicyclic) bond motifs is 1. The molecule has 0 radical (unpaired) electrons. The molecule has 0 amide bonds. The van der Waals surface area contributed by atoms with E-state index in [4.69, 9.17) is 0 Å². The minimum Gasteiger partial charge on any atom is -0.432 e. The number of benzene rings is 1. The molecule has 1 aromatic carbocycles. The van der Waals surface area contributed by atoms with Gasteiger partial charge in [0.05, 0.1) is 0 Å². The molecule has 3 aliphatic rings. The van der Waals surface area contributed by atoms with Crippen molar-refractivity contribution in [3.8, 4) is 5.75 Å². The minimum absolute atomic E-state index is 0.348. The maximum Gasteiger partial charge on any atom is 0.387 e. The predicted molar refractivity (Wildman–Crippen MR) is 128 cm³/mol. The molecule has 1 nitrogen and oxygen atoms in total. The van der Waals surface area contributed by atoms with Crippen LogP contribution >= 0.6 is 0 Å². The standard InChI is InChI=1S/C29H43F3O/c1-2-3-4-20-5-7-21(8-6-20)9-10-22-11-12-24-18-25(14-13-23(24)17-22)26-15-16-28(27(30)19-26)33-29(31)32/h15-16,19-25,29H,2-14,17-18H2,1H3. The highest BCUT2D eigenvalue weighted by Crippen LogP contribution is 2.49. The van der Waals surface area contributed by atoms with Gasteiger partial charge in [-0.2, -0.15) is 8.78 Å². The summed E-state index contributed by atoms with van der Waals surface area (Å²) in [5.74, 6) is 3.79. The Hall–Kier alpha value is -1.19. The first kappa shape index (κ1) is 24.9. The summed E-state index contributed by atoms with van der Waals surface area (Å²) in [6, 6.07) is 4.58. The first-order valence-electron chi connectivity index (χ1n) is 13.8. The van der Waals surface area contributed by atoms with E-state index < -0.39 is 12.4 Å². The molecule has 1 aromatic rings. The fraction of sp³-hybridized carbons (Fsp3) is 0.793. The normalized spacial score (nSPS) is 32.5. The maximum absolute atomic E-state index is 14.2. The van der Waals surface area contributed by atoms with Crippen LogP contribution in [-0.2, 0) is 0 Å². The van der Waals surface area contributed by atoms with Crippen LogP contribution in [-0.4, -0.2) is 6.61 Å². The molecule has 33 heavy (non-hydrogen) atoms. The summed E-state index contributed by atoms with van der Waals surface area (Å²) in [6.45, 7) is -0.685. The summed E-state index contributed by atoms with van der Waals surface area (Å²) < 4.78 is 43.3. The number of halogens is 3. The number of rotatable bonds is 9. The molecule has 186 valence electrons. The minimum atomic E-state index is -2.99. The molecule has 4 unspecified atom stereocenters. The fourth-order valence-corrected chi connectivity index (χ4v) is 7.29. The molecular weight excluding hydrogens is 421 g/mol. The second-order valence-corrected chi connectivity index (χ2v) is 11.4. The van der Waals surface area contributed by atoms with Crippen molar-refractivity contribution in [2.75, 3.05) is 0 Å². The fourth-order valence-electron chi connectivity index (χ4n) is 7.29. The number of hydrogen-bond donors (Lipinski definition) is 0. The van der Waals surface area contributed by atoms with Gasteiger partial charge in [0.1, 0.15) is 0 Å². The van der Waals surface area contributed by atoms with Gasteiger partial charge in [-0.1, -0.05) is 77.2 Å². The van der Waals surface area contributed by atoms with Gasteiger partial charge in [0.25, 0.3) is 0 Å². The third-order valence-corrected chi connectivity index (χ3v) is 9.28. The highest BCUT2D eigenvalue weighted by Gasteiger charge is 2.36. The number of hydrogen-bond acceptors (Lipinski definition) is 1. The van der Waals surface area contributed by atoms with Crippen LogP contribution in [0.5, 0.6) is 5.75 Å². The van der Waals surface area contributed by atoms with Crippen LogP contribution in [0.2, 0.25) is 0 Å². The molecule has 0 N–H and O–H groups in total. The largest absolute Gasteiger partial charge is 0.432 e. The quantitative estimate of drug-likeness (QED) is 0.353. The van der Waals surface area contributed by atoms with Crippen molar-refractivity contribution in [1.82, 2.24) is 0 Å². The van der Waals surface area contributed by atoms with Crippen LogP contribution in [0.3, 0.4) is 0 Å². The van der Waals surface area contributed by atoms with E-state index in [1.807, 2.05) is 0 Å². The highest BCUT2D eigenvalue weighted by molar-refractivity contribution is 5.31. The van der Waals surface area contributed by atoms with E-state index in [1.54, 1.807) is 6.07 Å². The SMILES string of the molecule is CCCCC1CCC(CCC2CCC3CC(c4ccc(OC(F)F)c(F)c4)CCC3C2)CC1. The average Bonchev–Trinajstić information content (AvgIpc) is 2.82. The first-order chi connectivity index (χ1) is 16.0. The summed E-state index contributed by atoms with van der Waals surface area (Å²) in [5, 5.41) is 0. The van der Waals surface area contributed by atoms with Crippen molar-refractivity contribution in [2.45, 2.75) is 116 Å². The average molecular weight is 465 g/mol. The summed E-state index contributed by atoms with van der Waals surface area (Å²) in [7, 11) is 0. The molecule has 0 saturated heterocycles. The zero-order chi connectivity index (χ0) is 23.2. The van der Waals surface area contributed by atoms with Gasteiger partial charge in [-0.15, -0.1) is 0 Å². The van der Waals surface area contributed by atoms with Crippen LogP contribution in [0.15, 0.2) is 18.2 Å². The molecule has 3 fully saturated rings. The van der Waals surface area contributed by atoms with E-state index in [0.29, 0.717) is 5.92 Å². The first-order valence-corrected chi connectivity index (χ1v) is 13.8. The molecule has 3 saturated carbocycles. The molecule has 3 aliphatic carbocycles. The third-order valence-electron chi connectivity index (χ3n) is 9.28. The van der Waals surface area contributed by atoms with E-state index in [2.05, 4.69) is 11.7 Å². The van der Waals surface area contributed by atoms with Gasteiger partial charge in [-0.25, -0.2) is 4.39 Å². The van der Waals surface area contributed by atoms with Crippen molar-refractivity contribution >= 4 is 0 Å². The summed E-state index contributed by atoms with van der Waals surface area (Å²) in [6.07, 6.45) is 20.4. The smallest absolute Gasteiger partial charge is 0.387 e. The van der Waals surface area contributed by atoms with Gasteiger partial charge < -0.3 is 4.74 Å².